The molecule has 7 nitrogen and oxygen atoms in total. The third-order valence-corrected chi connectivity index (χ3v) is 5.67. The largest absolute Gasteiger partial charge is 0.321 e. The van der Waals surface area contributed by atoms with Crippen molar-refractivity contribution in [2.24, 2.45) is 0 Å². The normalized spacial score (nSPS) is 10.8. The second-order valence-electron chi connectivity index (χ2n) is 8.17. The van der Waals surface area contributed by atoms with Crippen molar-refractivity contribution in [1.82, 2.24) is 9.78 Å². The first-order chi connectivity index (χ1) is 15.7. The van der Waals surface area contributed by atoms with Crippen LogP contribution in [0.15, 0.2) is 66.7 Å². The average molecular weight is 441 g/mol. The van der Waals surface area contributed by atoms with E-state index in [0.717, 1.165) is 27.9 Å². The Morgan fingerprint density at radius 3 is 2.24 bits per heavy atom. The molecule has 3 aromatic carbocycles. The number of carbonyl (C=O) groups is 1. The zero-order valence-corrected chi connectivity index (χ0v) is 18.9. The topological polar surface area (TPSA) is 90.1 Å². The smallest absolute Gasteiger partial charge is 0.274 e. The number of non-ortho nitro benzene ring substituents is 1. The Hall–Kier alpha value is -4.26. The van der Waals surface area contributed by atoms with Crippen molar-refractivity contribution in [3.05, 3.63) is 105 Å². The van der Waals surface area contributed by atoms with Crippen LogP contribution in [-0.2, 0) is 0 Å². The lowest BCUT2D eigenvalue weighted by Gasteiger charge is -2.12. The number of benzene rings is 3. The molecule has 1 aromatic heterocycles. The standard InChI is InChI=1S/C26H24N4O3/c1-16-5-6-18(3)24(13-16)29-25(26(31)27-21-10-7-17(2)19(4)14-21)15-23(28-29)20-8-11-22(12-9-20)30(32)33/h5-15H,1-4H3,(H,27,31). The van der Waals surface area contributed by atoms with Gasteiger partial charge in [-0.15, -0.1) is 0 Å². The third-order valence-electron chi connectivity index (χ3n) is 5.67. The molecule has 0 radical (unpaired) electrons. The van der Waals surface area contributed by atoms with Crippen molar-refractivity contribution in [2.45, 2.75) is 27.7 Å². The van der Waals surface area contributed by atoms with Crippen molar-refractivity contribution >= 4 is 17.3 Å². The summed E-state index contributed by atoms with van der Waals surface area (Å²) in [7, 11) is 0. The Labute approximate surface area is 191 Å². The lowest BCUT2D eigenvalue weighted by atomic mass is 10.1. The van der Waals surface area contributed by atoms with Crippen molar-refractivity contribution in [3.63, 3.8) is 0 Å². The molecule has 0 aliphatic rings. The summed E-state index contributed by atoms with van der Waals surface area (Å²) >= 11 is 0. The maximum absolute atomic E-state index is 13.3. The monoisotopic (exact) mass is 440 g/mol. The van der Waals surface area contributed by atoms with E-state index in [1.54, 1.807) is 22.9 Å². The Morgan fingerprint density at radius 2 is 1.58 bits per heavy atom. The molecule has 0 spiro atoms. The number of aryl methyl sites for hydroxylation is 4. The number of nitrogens with one attached hydrogen (secondary N) is 1. The maximum atomic E-state index is 13.3. The molecule has 4 rings (SSSR count). The summed E-state index contributed by atoms with van der Waals surface area (Å²) in [4.78, 5) is 23.9. The Bertz CT molecular complexity index is 1370. The van der Waals surface area contributed by atoms with Crippen LogP contribution in [0.4, 0.5) is 11.4 Å². The second-order valence-corrected chi connectivity index (χ2v) is 8.17. The minimum Gasteiger partial charge on any atom is -0.321 e. The number of anilines is 1. The van der Waals surface area contributed by atoms with Crippen LogP contribution in [-0.4, -0.2) is 20.6 Å². The van der Waals surface area contributed by atoms with Crippen LogP contribution < -0.4 is 5.32 Å². The van der Waals surface area contributed by atoms with E-state index >= 15 is 0 Å². The van der Waals surface area contributed by atoms with Crippen LogP contribution in [0.1, 0.15) is 32.7 Å². The van der Waals surface area contributed by atoms with Gasteiger partial charge in [-0.05, 0) is 86.3 Å². The highest BCUT2D eigenvalue weighted by Gasteiger charge is 2.20. The van der Waals surface area contributed by atoms with Crippen LogP contribution >= 0.6 is 0 Å². The molecule has 1 amide bonds. The van der Waals surface area contributed by atoms with Gasteiger partial charge < -0.3 is 5.32 Å². The van der Waals surface area contributed by atoms with Crippen LogP contribution in [0.3, 0.4) is 0 Å². The highest BCUT2D eigenvalue weighted by atomic mass is 16.6. The van der Waals surface area contributed by atoms with E-state index < -0.39 is 4.92 Å². The highest BCUT2D eigenvalue weighted by Crippen LogP contribution is 2.26. The molecule has 4 aromatic rings. The molecule has 166 valence electrons. The number of nitro groups is 1. The predicted octanol–water partition coefficient (Wildman–Crippen LogP) is 5.93. The van der Waals surface area contributed by atoms with E-state index in [-0.39, 0.29) is 11.6 Å². The van der Waals surface area contributed by atoms with Crippen molar-refractivity contribution in [1.29, 1.82) is 0 Å². The fraction of sp³-hybridized carbons (Fsp3) is 0.154. The molecular weight excluding hydrogens is 416 g/mol. The van der Waals surface area contributed by atoms with Gasteiger partial charge in [-0.25, -0.2) is 4.68 Å². The van der Waals surface area contributed by atoms with Crippen LogP contribution in [0.2, 0.25) is 0 Å². The minimum atomic E-state index is -0.444. The molecular formula is C26H24N4O3. The van der Waals surface area contributed by atoms with Gasteiger partial charge in [-0.1, -0.05) is 18.2 Å². The zero-order valence-electron chi connectivity index (χ0n) is 18.9. The van der Waals surface area contributed by atoms with E-state index in [4.69, 9.17) is 5.10 Å². The van der Waals surface area contributed by atoms with Gasteiger partial charge in [0.25, 0.3) is 11.6 Å². The van der Waals surface area contributed by atoms with E-state index in [0.29, 0.717) is 22.6 Å². The summed E-state index contributed by atoms with van der Waals surface area (Å²) in [6.45, 7) is 7.97. The molecule has 33 heavy (non-hydrogen) atoms. The van der Waals surface area contributed by atoms with Crippen molar-refractivity contribution in [3.8, 4) is 16.9 Å². The van der Waals surface area contributed by atoms with Gasteiger partial charge >= 0.3 is 0 Å². The Kier molecular flexibility index (Phi) is 5.79. The SMILES string of the molecule is Cc1ccc(C)c(-n2nc(-c3ccc([N+](=O)[O-])cc3)cc2C(=O)Nc2ccc(C)c(C)c2)c1. The average Bonchev–Trinajstić information content (AvgIpc) is 3.23. The lowest BCUT2D eigenvalue weighted by Crippen LogP contribution is -2.17. The number of amides is 1. The summed E-state index contributed by atoms with van der Waals surface area (Å²) in [6, 6.07) is 19.6. The number of aromatic nitrogens is 2. The van der Waals surface area contributed by atoms with E-state index in [1.165, 1.54) is 12.1 Å². The quantitative estimate of drug-likeness (QED) is 0.307. The molecule has 0 atom stereocenters. The predicted molar refractivity (Wildman–Crippen MR) is 129 cm³/mol. The number of nitrogens with zero attached hydrogens (tertiary/aromatic N) is 3. The number of rotatable bonds is 5. The molecule has 0 bridgehead atoms. The number of nitro benzene ring substituents is 1. The number of hydrogen-bond acceptors (Lipinski definition) is 4. The molecule has 0 saturated carbocycles. The summed E-state index contributed by atoms with van der Waals surface area (Å²) in [5, 5.41) is 18.7. The van der Waals surface area contributed by atoms with E-state index in [1.807, 2.05) is 64.1 Å². The maximum Gasteiger partial charge on any atom is 0.274 e. The van der Waals surface area contributed by atoms with Crippen LogP contribution in [0.5, 0.6) is 0 Å². The molecule has 0 fully saturated rings. The second kappa shape index (κ2) is 8.70. The number of hydrogen-bond donors (Lipinski definition) is 1. The zero-order chi connectivity index (χ0) is 23.7. The Balaban J connectivity index is 1.79. The number of carbonyl (C=O) groups excluding carboxylic acids is 1. The third kappa shape index (κ3) is 4.52. The first kappa shape index (κ1) is 22.0. The first-order valence-corrected chi connectivity index (χ1v) is 10.5. The lowest BCUT2D eigenvalue weighted by molar-refractivity contribution is -0.384. The molecule has 0 aliphatic carbocycles. The van der Waals surface area contributed by atoms with Crippen molar-refractivity contribution < 1.29 is 9.72 Å². The van der Waals surface area contributed by atoms with Crippen molar-refractivity contribution in [2.75, 3.05) is 5.32 Å². The van der Waals surface area contributed by atoms with Gasteiger partial charge in [0.15, 0.2) is 0 Å². The van der Waals surface area contributed by atoms with Gasteiger partial charge in [-0.2, -0.15) is 5.10 Å². The van der Waals surface area contributed by atoms with Gasteiger partial charge in [0.1, 0.15) is 5.69 Å². The highest BCUT2D eigenvalue weighted by molar-refractivity contribution is 6.04. The van der Waals surface area contributed by atoms with Gasteiger partial charge in [0, 0.05) is 23.4 Å². The fourth-order valence-electron chi connectivity index (χ4n) is 3.58. The first-order valence-electron chi connectivity index (χ1n) is 10.5. The fourth-order valence-corrected chi connectivity index (χ4v) is 3.58. The van der Waals surface area contributed by atoms with Crippen LogP contribution in [0.25, 0.3) is 16.9 Å². The minimum absolute atomic E-state index is 0.000388. The van der Waals surface area contributed by atoms with E-state index in [9.17, 15) is 14.9 Å². The molecule has 0 saturated heterocycles. The van der Waals surface area contributed by atoms with Gasteiger partial charge in [-0.3, -0.25) is 14.9 Å². The molecule has 1 N–H and O–H groups in total. The summed E-state index contributed by atoms with van der Waals surface area (Å²) in [5.74, 6) is -0.292. The molecule has 0 aliphatic heterocycles. The Morgan fingerprint density at radius 1 is 0.879 bits per heavy atom. The van der Waals surface area contributed by atoms with Gasteiger partial charge in [0.05, 0.1) is 16.3 Å². The van der Waals surface area contributed by atoms with E-state index in [2.05, 4.69) is 5.32 Å². The van der Waals surface area contributed by atoms with Gasteiger partial charge in [0.2, 0.25) is 0 Å². The molecule has 1 heterocycles. The summed E-state index contributed by atoms with van der Waals surface area (Å²) in [5.41, 5.74) is 7.36. The summed E-state index contributed by atoms with van der Waals surface area (Å²) < 4.78 is 1.63. The van der Waals surface area contributed by atoms with Crippen LogP contribution in [0, 0.1) is 37.8 Å². The summed E-state index contributed by atoms with van der Waals surface area (Å²) in [6.07, 6.45) is 0. The molecule has 0 unspecified atom stereocenters. The molecule has 7 heteroatoms.